The molecular weight excluding hydrogens is 257 g/mol. The van der Waals surface area contributed by atoms with Crippen LogP contribution in [-0.2, 0) is 0 Å². The van der Waals surface area contributed by atoms with E-state index in [9.17, 15) is 4.39 Å². The van der Waals surface area contributed by atoms with Gasteiger partial charge in [0.15, 0.2) is 0 Å². The van der Waals surface area contributed by atoms with Crippen LogP contribution in [0, 0.1) is 11.7 Å². The first-order valence-corrected chi connectivity index (χ1v) is 6.00. The van der Waals surface area contributed by atoms with Gasteiger partial charge in [0.25, 0.3) is 0 Å². The molecule has 15 heavy (non-hydrogen) atoms. The summed E-state index contributed by atoms with van der Waals surface area (Å²) < 4.78 is 13.7. The van der Waals surface area contributed by atoms with Crippen molar-refractivity contribution < 1.29 is 4.39 Å². The molecule has 0 amide bonds. The van der Waals surface area contributed by atoms with E-state index in [1.807, 2.05) is 6.07 Å². The molecule has 0 radical (unpaired) electrons. The summed E-state index contributed by atoms with van der Waals surface area (Å²) in [6.45, 7) is 4.32. The maximum atomic E-state index is 13.2. The smallest absolute Gasteiger partial charge is 0.137 e. The molecule has 0 aliphatic heterocycles. The third-order valence-electron chi connectivity index (χ3n) is 2.43. The molecule has 1 rings (SSSR count). The molecule has 0 fully saturated rings. The van der Waals surface area contributed by atoms with Gasteiger partial charge in [-0.25, -0.2) is 4.39 Å². The first-order valence-electron chi connectivity index (χ1n) is 5.21. The zero-order valence-electron chi connectivity index (χ0n) is 9.13. The van der Waals surface area contributed by atoms with E-state index >= 15 is 0 Å². The van der Waals surface area contributed by atoms with Crippen molar-refractivity contribution in [1.29, 1.82) is 0 Å². The second kappa shape index (κ2) is 5.61. The minimum atomic E-state index is -0.243. The van der Waals surface area contributed by atoms with Gasteiger partial charge in [0.05, 0.1) is 4.47 Å². The lowest BCUT2D eigenvalue weighted by Gasteiger charge is -2.13. The number of rotatable bonds is 4. The summed E-state index contributed by atoms with van der Waals surface area (Å²) in [6.07, 6.45) is 1.97. The van der Waals surface area contributed by atoms with E-state index in [1.54, 1.807) is 6.07 Å². The third kappa shape index (κ3) is 3.92. The highest BCUT2D eigenvalue weighted by molar-refractivity contribution is 9.10. The van der Waals surface area contributed by atoms with Crippen LogP contribution < -0.4 is 5.73 Å². The summed E-state index contributed by atoms with van der Waals surface area (Å²) in [5, 5.41) is 0. The van der Waals surface area contributed by atoms with Crippen LogP contribution in [0.25, 0.3) is 0 Å². The van der Waals surface area contributed by atoms with E-state index in [0.717, 1.165) is 18.4 Å². The quantitative estimate of drug-likeness (QED) is 0.881. The second-order valence-corrected chi connectivity index (χ2v) is 5.11. The van der Waals surface area contributed by atoms with Crippen molar-refractivity contribution in [1.82, 2.24) is 0 Å². The van der Waals surface area contributed by atoms with Gasteiger partial charge in [0.2, 0.25) is 0 Å². The number of halogens is 2. The molecule has 3 heteroatoms. The van der Waals surface area contributed by atoms with Crippen LogP contribution in [0.2, 0.25) is 0 Å². The Morgan fingerprint density at radius 2 is 2.00 bits per heavy atom. The molecule has 1 unspecified atom stereocenters. The summed E-state index contributed by atoms with van der Waals surface area (Å²) in [4.78, 5) is 0. The fourth-order valence-corrected chi connectivity index (χ4v) is 1.67. The van der Waals surface area contributed by atoms with Gasteiger partial charge < -0.3 is 5.73 Å². The van der Waals surface area contributed by atoms with Gasteiger partial charge in [-0.05, 0) is 52.4 Å². The normalized spacial score (nSPS) is 13.2. The molecule has 0 saturated carbocycles. The van der Waals surface area contributed by atoms with Crippen molar-refractivity contribution in [3.05, 3.63) is 34.1 Å². The van der Waals surface area contributed by atoms with Crippen LogP contribution in [0.4, 0.5) is 4.39 Å². The monoisotopic (exact) mass is 273 g/mol. The molecule has 1 aromatic carbocycles. The molecule has 0 saturated heterocycles. The van der Waals surface area contributed by atoms with Crippen LogP contribution in [0.15, 0.2) is 22.7 Å². The molecule has 0 aromatic heterocycles. The highest BCUT2D eigenvalue weighted by atomic mass is 79.9. The number of nitrogens with two attached hydrogens (primary N) is 1. The van der Waals surface area contributed by atoms with E-state index in [0.29, 0.717) is 10.4 Å². The van der Waals surface area contributed by atoms with Crippen LogP contribution in [0.1, 0.15) is 38.3 Å². The van der Waals surface area contributed by atoms with Crippen molar-refractivity contribution in [2.24, 2.45) is 11.7 Å². The number of hydrogen-bond donors (Lipinski definition) is 1. The fraction of sp³-hybridized carbons (Fsp3) is 0.500. The van der Waals surface area contributed by atoms with E-state index in [1.165, 1.54) is 6.07 Å². The lowest BCUT2D eigenvalue weighted by atomic mass is 9.98. The Hall–Kier alpha value is -0.410. The van der Waals surface area contributed by atoms with E-state index in [2.05, 4.69) is 29.8 Å². The molecule has 0 aliphatic rings. The topological polar surface area (TPSA) is 26.0 Å². The number of hydrogen-bond acceptors (Lipinski definition) is 1. The summed E-state index contributed by atoms with van der Waals surface area (Å²) in [5.74, 6) is 0.392. The first kappa shape index (κ1) is 12.7. The Morgan fingerprint density at radius 3 is 2.53 bits per heavy atom. The summed E-state index contributed by atoms with van der Waals surface area (Å²) in [6, 6.07) is 5.03. The van der Waals surface area contributed by atoms with Gasteiger partial charge in [-0.2, -0.15) is 0 Å². The molecular formula is C12H17BrFN. The lowest BCUT2D eigenvalue weighted by Crippen LogP contribution is -2.11. The Bertz CT molecular complexity index is 325. The van der Waals surface area contributed by atoms with Crippen molar-refractivity contribution in [3.63, 3.8) is 0 Å². The molecule has 1 aromatic rings. The average molecular weight is 274 g/mol. The lowest BCUT2D eigenvalue weighted by molar-refractivity contribution is 0.505. The minimum Gasteiger partial charge on any atom is -0.324 e. The maximum absolute atomic E-state index is 13.2. The standard InChI is InChI=1S/C12H17BrFN/c1-8(2)3-6-12(15)9-4-5-10(13)11(14)7-9/h4-5,7-8,12H,3,6,15H2,1-2H3. The Kier molecular flexibility index (Phi) is 4.74. The second-order valence-electron chi connectivity index (χ2n) is 4.25. The molecule has 2 N–H and O–H groups in total. The highest BCUT2D eigenvalue weighted by Crippen LogP contribution is 2.23. The molecule has 0 aliphatic carbocycles. The van der Waals surface area contributed by atoms with Gasteiger partial charge in [-0.1, -0.05) is 19.9 Å². The predicted octanol–water partition coefficient (Wildman–Crippen LogP) is 4.02. The van der Waals surface area contributed by atoms with Crippen molar-refractivity contribution in [2.75, 3.05) is 0 Å². The van der Waals surface area contributed by atoms with Gasteiger partial charge >= 0.3 is 0 Å². The van der Waals surface area contributed by atoms with Crippen molar-refractivity contribution in [2.45, 2.75) is 32.7 Å². The maximum Gasteiger partial charge on any atom is 0.137 e. The molecule has 84 valence electrons. The summed E-state index contributed by atoms with van der Waals surface area (Å²) in [5.41, 5.74) is 6.85. The third-order valence-corrected chi connectivity index (χ3v) is 3.07. The van der Waals surface area contributed by atoms with Crippen LogP contribution >= 0.6 is 15.9 Å². The zero-order valence-corrected chi connectivity index (χ0v) is 10.7. The van der Waals surface area contributed by atoms with Gasteiger partial charge in [0, 0.05) is 6.04 Å². The van der Waals surface area contributed by atoms with Crippen molar-refractivity contribution in [3.8, 4) is 0 Å². The highest BCUT2D eigenvalue weighted by Gasteiger charge is 2.09. The minimum absolute atomic E-state index is 0.0602. The summed E-state index contributed by atoms with van der Waals surface area (Å²) in [7, 11) is 0. The zero-order chi connectivity index (χ0) is 11.4. The van der Waals surface area contributed by atoms with Gasteiger partial charge in [0.1, 0.15) is 5.82 Å². The van der Waals surface area contributed by atoms with E-state index < -0.39 is 0 Å². The molecule has 0 heterocycles. The number of benzene rings is 1. The largest absolute Gasteiger partial charge is 0.324 e. The average Bonchev–Trinajstić information content (AvgIpc) is 2.18. The van der Waals surface area contributed by atoms with E-state index in [4.69, 9.17) is 5.73 Å². The van der Waals surface area contributed by atoms with Crippen LogP contribution in [0.3, 0.4) is 0 Å². The Labute approximate surface area is 99.0 Å². The fourth-order valence-electron chi connectivity index (χ4n) is 1.42. The Morgan fingerprint density at radius 1 is 1.33 bits per heavy atom. The molecule has 0 spiro atoms. The first-order chi connectivity index (χ1) is 7.00. The SMILES string of the molecule is CC(C)CCC(N)c1ccc(Br)c(F)c1. The van der Waals surface area contributed by atoms with Crippen molar-refractivity contribution >= 4 is 15.9 Å². The molecule has 1 atom stereocenters. The van der Waals surface area contributed by atoms with Crippen LogP contribution in [-0.4, -0.2) is 0 Å². The van der Waals surface area contributed by atoms with E-state index in [-0.39, 0.29) is 11.9 Å². The van der Waals surface area contributed by atoms with Gasteiger partial charge in [-0.15, -0.1) is 0 Å². The Balaban J connectivity index is 2.65. The predicted molar refractivity (Wildman–Crippen MR) is 65.1 cm³/mol. The summed E-state index contributed by atoms with van der Waals surface area (Å²) >= 11 is 3.12. The molecule has 1 nitrogen and oxygen atoms in total. The van der Waals surface area contributed by atoms with Gasteiger partial charge in [-0.3, -0.25) is 0 Å². The molecule has 0 bridgehead atoms. The van der Waals surface area contributed by atoms with Crippen LogP contribution in [0.5, 0.6) is 0 Å².